The van der Waals surface area contributed by atoms with Crippen LogP contribution in [0.2, 0.25) is 0 Å². The van der Waals surface area contributed by atoms with Crippen molar-refractivity contribution in [3.8, 4) is 0 Å². The van der Waals surface area contributed by atoms with Gasteiger partial charge in [0.25, 0.3) is 0 Å². The van der Waals surface area contributed by atoms with Crippen molar-refractivity contribution in [2.75, 3.05) is 13.1 Å². The van der Waals surface area contributed by atoms with Crippen LogP contribution in [0.25, 0.3) is 0 Å². The molecule has 0 aromatic heterocycles. The summed E-state index contributed by atoms with van der Waals surface area (Å²) in [4.78, 5) is 10.4. The molecule has 1 aliphatic rings. The number of urea groups is 1. The molecule has 2 amide bonds. The summed E-state index contributed by atoms with van der Waals surface area (Å²) in [6.45, 7) is 3.76. The third-order valence-electron chi connectivity index (χ3n) is 2.11. The topological polar surface area (TPSA) is 67.1 Å². The van der Waals surface area contributed by atoms with Crippen LogP contribution in [0.1, 0.15) is 19.8 Å². The molecule has 1 saturated heterocycles. The van der Waals surface area contributed by atoms with Gasteiger partial charge in [0.1, 0.15) is 0 Å². The van der Waals surface area contributed by atoms with Gasteiger partial charge in [0.15, 0.2) is 0 Å². The van der Waals surface area contributed by atoms with E-state index in [-0.39, 0.29) is 5.54 Å². The molecular formula is C7H15N3O. The van der Waals surface area contributed by atoms with Crippen molar-refractivity contribution in [1.29, 1.82) is 0 Å². The number of carbonyl (C=O) groups is 1. The highest BCUT2D eigenvalue weighted by atomic mass is 16.2. The second-order valence-corrected chi connectivity index (χ2v) is 3.31. The minimum Gasteiger partial charge on any atom is -0.352 e. The molecule has 1 rings (SSSR count). The van der Waals surface area contributed by atoms with Gasteiger partial charge in [-0.1, -0.05) is 0 Å². The molecule has 0 radical (unpaired) electrons. The van der Waals surface area contributed by atoms with Crippen molar-refractivity contribution in [3.05, 3.63) is 0 Å². The Kier molecular flexibility index (Phi) is 2.34. The second kappa shape index (κ2) is 3.09. The first-order chi connectivity index (χ1) is 5.12. The normalized spacial score (nSPS) is 30.3. The lowest BCUT2D eigenvalue weighted by Gasteiger charge is -2.23. The smallest absolute Gasteiger partial charge is 0.312 e. The van der Waals surface area contributed by atoms with Gasteiger partial charge in [0.05, 0.1) is 0 Å². The number of hydrogen-bond acceptors (Lipinski definition) is 2. The maximum atomic E-state index is 10.4. The molecule has 0 aromatic carbocycles. The Morgan fingerprint density at radius 2 is 2.55 bits per heavy atom. The molecule has 0 aliphatic carbocycles. The molecule has 0 aromatic rings. The van der Waals surface area contributed by atoms with E-state index < -0.39 is 6.03 Å². The fraction of sp³-hybridized carbons (Fsp3) is 0.857. The fourth-order valence-corrected chi connectivity index (χ4v) is 1.39. The fourth-order valence-electron chi connectivity index (χ4n) is 1.39. The van der Waals surface area contributed by atoms with E-state index in [0.29, 0.717) is 6.54 Å². The van der Waals surface area contributed by atoms with E-state index in [2.05, 4.69) is 17.6 Å². The number of primary amides is 1. The van der Waals surface area contributed by atoms with Crippen LogP contribution in [0.3, 0.4) is 0 Å². The largest absolute Gasteiger partial charge is 0.352 e. The summed E-state index contributed by atoms with van der Waals surface area (Å²) < 4.78 is 0. The molecule has 1 fully saturated rings. The van der Waals surface area contributed by atoms with Crippen molar-refractivity contribution in [2.45, 2.75) is 25.3 Å². The molecule has 1 atom stereocenters. The first-order valence-electron chi connectivity index (χ1n) is 3.91. The molecule has 1 aliphatic heterocycles. The predicted molar refractivity (Wildman–Crippen MR) is 43.2 cm³/mol. The van der Waals surface area contributed by atoms with Crippen LogP contribution in [-0.2, 0) is 0 Å². The van der Waals surface area contributed by atoms with Gasteiger partial charge in [-0.15, -0.1) is 0 Å². The van der Waals surface area contributed by atoms with E-state index in [1.165, 1.54) is 6.42 Å². The van der Waals surface area contributed by atoms with Crippen LogP contribution in [0.4, 0.5) is 4.79 Å². The van der Waals surface area contributed by atoms with Crippen LogP contribution in [0.5, 0.6) is 0 Å². The summed E-state index contributed by atoms with van der Waals surface area (Å²) in [6, 6.07) is -0.445. The average Bonchev–Trinajstić information content (AvgIpc) is 2.33. The number of nitrogens with two attached hydrogens (primary N) is 1. The van der Waals surface area contributed by atoms with Gasteiger partial charge < -0.3 is 16.4 Å². The molecule has 0 saturated carbocycles. The zero-order chi connectivity index (χ0) is 8.32. The molecule has 64 valence electrons. The Labute approximate surface area is 66.5 Å². The average molecular weight is 157 g/mol. The van der Waals surface area contributed by atoms with E-state index in [9.17, 15) is 4.79 Å². The van der Waals surface area contributed by atoms with Gasteiger partial charge in [-0.2, -0.15) is 0 Å². The summed E-state index contributed by atoms with van der Waals surface area (Å²) in [7, 11) is 0. The lowest BCUT2D eigenvalue weighted by atomic mass is 10.0. The van der Waals surface area contributed by atoms with Crippen molar-refractivity contribution < 1.29 is 4.79 Å². The Morgan fingerprint density at radius 1 is 1.82 bits per heavy atom. The van der Waals surface area contributed by atoms with E-state index >= 15 is 0 Å². The number of nitrogens with one attached hydrogen (secondary N) is 2. The number of carbonyl (C=O) groups excluding carboxylic acids is 1. The highest BCUT2D eigenvalue weighted by molar-refractivity contribution is 5.71. The molecule has 4 N–H and O–H groups in total. The van der Waals surface area contributed by atoms with E-state index in [4.69, 9.17) is 5.73 Å². The van der Waals surface area contributed by atoms with Gasteiger partial charge >= 0.3 is 6.03 Å². The molecule has 4 heteroatoms. The van der Waals surface area contributed by atoms with Gasteiger partial charge in [0.2, 0.25) is 0 Å². The molecule has 0 bridgehead atoms. The zero-order valence-corrected chi connectivity index (χ0v) is 6.81. The number of rotatable bonds is 2. The zero-order valence-electron chi connectivity index (χ0n) is 6.81. The SMILES string of the molecule is CC1(CNC(N)=O)CCCN1. The van der Waals surface area contributed by atoms with Crippen LogP contribution in [0, 0.1) is 0 Å². The highest BCUT2D eigenvalue weighted by Gasteiger charge is 2.27. The van der Waals surface area contributed by atoms with Gasteiger partial charge in [0, 0.05) is 12.1 Å². The standard InChI is InChI=1S/C7H15N3O/c1-7(3-2-4-10-7)5-9-6(8)11/h10H,2-5H2,1H3,(H3,8,9,11). The highest BCUT2D eigenvalue weighted by Crippen LogP contribution is 2.16. The number of amides is 2. The van der Waals surface area contributed by atoms with Crippen molar-refractivity contribution >= 4 is 6.03 Å². The third-order valence-corrected chi connectivity index (χ3v) is 2.11. The van der Waals surface area contributed by atoms with Gasteiger partial charge in [-0.05, 0) is 26.3 Å². The summed E-state index contributed by atoms with van der Waals surface area (Å²) in [5.41, 5.74) is 5.02. The lowest BCUT2D eigenvalue weighted by Crippen LogP contribution is -2.48. The maximum Gasteiger partial charge on any atom is 0.312 e. The van der Waals surface area contributed by atoms with Gasteiger partial charge in [-0.3, -0.25) is 0 Å². The minimum absolute atomic E-state index is 0.0645. The Bertz CT molecular complexity index is 152. The second-order valence-electron chi connectivity index (χ2n) is 3.31. The monoisotopic (exact) mass is 157 g/mol. The van der Waals surface area contributed by atoms with Crippen molar-refractivity contribution in [2.24, 2.45) is 5.73 Å². The molecule has 1 unspecified atom stereocenters. The first-order valence-corrected chi connectivity index (χ1v) is 3.91. The van der Waals surface area contributed by atoms with Crippen LogP contribution < -0.4 is 16.4 Å². The van der Waals surface area contributed by atoms with Crippen LogP contribution in [-0.4, -0.2) is 24.7 Å². The molecule has 4 nitrogen and oxygen atoms in total. The van der Waals surface area contributed by atoms with Crippen LogP contribution in [0.15, 0.2) is 0 Å². The molecular weight excluding hydrogens is 142 g/mol. The summed E-state index contributed by atoms with van der Waals surface area (Å²) in [6.07, 6.45) is 2.28. The van der Waals surface area contributed by atoms with Crippen molar-refractivity contribution in [1.82, 2.24) is 10.6 Å². The van der Waals surface area contributed by atoms with E-state index in [1.54, 1.807) is 0 Å². The molecule has 11 heavy (non-hydrogen) atoms. The van der Waals surface area contributed by atoms with Gasteiger partial charge in [-0.25, -0.2) is 4.79 Å². The summed E-state index contributed by atoms with van der Waals surface area (Å²) >= 11 is 0. The number of hydrogen-bond donors (Lipinski definition) is 3. The Morgan fingerprint density at radius 3 is 3.00 bits per heavy atom. The van der Waals surface area contributed by atoms with Crippen LogP contribution >= 0.6 is 0 Å². The molecule has 1 heterocycles. The quantitative estimate of drug-likeness (QED) is 0.519. The Hall–Kier alpha value is -0.770. The van der Waals surface area contributed by atoms with Crippen molar-refractivity contribution in [3.63, 3.8) is 0 Å². The minimum atomic E-state index is -0.445. The predicted octanol–water partition coefficient (Wildman–Crippen LogP) is -0.203. The Balaban J connectivity index is 2.28. The lowest BCUT2D eigenvalue weighted by molar-refractivity contribution is 0.244. The van der Waals surface area contributed by atoms with E-state index in [1.807, 2.05) is 0 Å². The summed E-state index contributed by atoms with van der Waals surface area (Å²) in [5, 5.41) is 5.92. The molecule has 0 spiro atoms. The third kappa shape index (κ3) is 2.38. The maximum absolute atomic E-state index is 10.4. The summed E-state index contributed by atoms with van der Waals surface area (Å²) in [5.74, 6) is 0. The first kappa shape index (κ1) is 8.33. The van der Waals surface area contributed by atoms with E-state index in [0.717, 1.165) is 13.0 Å².